The van der Waals surface area contributed by atoms with Crippen LogP contribution in [0, 0.1) is 0 Å². The lowest BCUT2D eigenvalue weighted by Gasteiger charge is -2.17. The zero-order chi connectivity index (χ0) is 15.6. The number of carbonyl (C=O) groups is 1. The summed E-state index contributed by atoms with van der Waals surface area (Å²) in [6, 6.07) is 3.82. The van der Waals surface area contributed by atoms with Gasteiger partial charge in [-0.3, -0.25) is 5.10 Å². The lowest BCUT2D eigenvalue weighted by molar-refractivity contribution is 0.0696. The van der Waals surface area contributed by atoms with Gasteiger partial charge in [0.05, 0.1) is 17.0 Å². The molecule has 2 aromatic rings. The van der Waals surface area contributed by atoms with E-state index in [1.54, 1.807) is 0 Å². The van der Waals surface area contributed by atoms with Crippen LogP contribution >= 0.6 is 15.9 Å². The molecule has 10 heteroatoms. The number of aromatic nitrogens is 3. The van der Waals surface area contributed by atoms with E-state index in [1.165, 1.54) is 25.5 Å². The minimum atomic E-state index is -3.87. The van der Waals surface area contributed by atoms with Gasteiger partial charge in [-0.1, -0.05) is 0 Å². The van der Waals surface area contributed by atoms with Gasteiger partial charge in [-0.25, -0.2) is 18.2 Å². The number of nitrogens with zero attached hydrogens (tertiary/aromatic N) is 3. The van der Waals surface area contributed by atoms with E-state index < -0.39 is 16.0 Å². The highest BCUT2D eigenvalue weighted by molar-refractivity contribution is 9.10. The summed E-state index contributed by atoms with van der Waals surface area (Å²) in [5, 5.41) is 15.2. The topological polar surface area (TPSA) is 116 Å². The van der Waals surface area contributed by atoms with Crippen LogP contribution in [0.1, 0.15) is 16.2 Å². The molecule has 0 bridgehead atoms. The molecule has 0 aliphatic rings. The number of aromatic amines is 1. The zero-order valence-electron chi connectivity index (χ0n) is 10.8. The van der Waals surface area contributed by atoms with Crippen LogP contribution in [-0.4, -0.2) is 46.0 Å². The summed E-state index contributed by atoms with van der Waals surface area (Å²) >= 11 is 3.13. The van der Waals surface area contributed by atoms with Crippen molar-refractivity contribution in [1.82, 2.24) is 19.5 Å². The number of carboxylic acids is 1. The van der Waals surface area contributed by atoms with Crippen molar-refractivity contribution in [3.05, 3.63) is 40.4 Å². The molecule has 0 fully saturated rings. The summed E-state index contributed by atoms with van der Waals surface area (Å²) in [4.78, 5) is 14.7. The van der Waals surface area contributed by atoms with Crippen molar-refractivity contribution in [2.24, 2.45) is 0 Å². The second-order valence-electron chi connectivity index (χ2n) is 4.14. The Kier molecular flexibility index (Phi) is 4.40. The molecular weight excluding hydrogens is 364 g/mol. The Morgan fingerprint density at radius 1 is 1.48 bits per heavy atom. The molecule has 0 saturated heterocycles. The molecule has 2 rings (SSSR count). The molecule has 0 unspecified atom stereocenters. The van der Waals surface area contributed by atoms with Crippen molar-refractivity contribution in [3.8, 4) is 0 Å². The number of hydrogen-bond donors (Lipinski definition) is 2. The quantitative estimate of drug-likeness (QED) is 0.808. The first-order chi connectivity index (χ1) is 9.82. The van der Waals surface area contributed by atoms with Crippen LogP contribution in [0.4, 0.5) is 0 Å². The van der Waals surface area contributed by atoms with Gasteiger partial charge in [0.1, 0.15) is 12.2 Å². The second-order valence-corrected chi connectivity index (χ2v) is 7.01. The fraction of sp³-hybridized carbons (Fsp3) is 0.182. The molecule has 0 spiro atoms. The predicted octanol–water partition coefficient (Wildman–Crippen LogP) is 1.09. The van der Waals surface area contributed by atoms with E-state index in [0.29, 0.717) is 5.82 Å². The van der Waals surface area contributed by atoms with Crippen LogP contribution in [0.3, 0.4) is 0 Å². The number of nitrogens with one attached hydrogen (secondary N) is 1. The molecule has 1 aromatic heterocycles. The highest BCUT2D eigenvalue weighted by atomic mass is 79.9. The summed E-state index contributed by atoms with van der Waals surface area (Å²) in [5.74, 6) is -0.816. The number of halogens is 1. The minimum absolute atomic E-state index is 0.00786. The van der Waals surface area contributed by atoms with Gasteiger partial charge >= 0.3 is 5.97 Å². The highest BCUT2D eigenvalue weighted by Crippen LogP contribution is 2.26. The second kappa shape index (κ2) is 5.92. The van der Waals surface area contributed by atoms with Gasteiger partial charge in [-0.2, -0.15) is 9.40 Å². The zero-order valence-corrected chi connectivity index (χ0v) is 13.2. The lowest BCUT2D eigenvalue weighted by atomic mass is 10.2. The van der Waals surface area contributed by atoms with Gasteiger partial charge in [0.2, 0.25) is 10.0 Å². The van der Waals surface area contributed by atoms with Crippen LogP contribution in [0.25, 0.3) is 0 Å². The molecule has 0 radical (unpaired) electrons. The summed E-state index contributed by atoms with van der Waals surface area (Å²) in [5.41, 5.74) is -0.107. The molecule has 2 N–H and O–H groups in total. The number of H-pyrrole nitrogens is 1. The normalized spacial score (nSPS) is 11.8. The van der Waals surface area contributed by atoms with Gasteiger partial charge in [0.15, 0.2) is 0 Å². The van der Waals surface area contributed by atoms with E-state index in [1.807, 2.05) is 0 Å². The molecule has 21 heavy (non-hydrogen) atoms. The first-order valence-corrected chi connectivity index (χ1v) is 7.89. The molecule has 1 aromatic carbocycles. The van der Waals surface area contributed by atoms with Gasteiger partial charge in [-0.15, -0.1) is 0 Å². The van der Waals surface area contributed by atoms with E-state index in [4.69, 9.17) is 5.11 Å². The SMILES string of the molecule is CN(Cc1ncn[nH]1)S(=O)(=O)c1cc(C(=O)O)ccc1Br. The number of carboxylic acid groups (broad SMARTS) is 1. The third-order valence-electron chi connectivity index (χ3n) is 2.70. The predicted molar refractivity (Wildman–Crippen MR) is 76.1 cm³/mol. The van der Waals surface area contributed by atoms with Gasteiger partial charge < -0.3 is 5.11 Å². The molecule has 0 atom stereocenters. The molecule has 0 amide bonds. The Morgan fingerprint density at radius 2 is 2.19 bits per heavy atom. The van der Waals surface area contributed by atoms with Crippen LogP contribution in [0.5, 0.6) is 0 Å². The standard InChI is InChI=1S/C11H11BrN4O4S/c1-16(5-10-13-6-14-15-10)21(19,20)9-4-7(11(17)18)2-3-8(9)12/h2-4,6H,5H2,1H3,(H,17,18)(H,13,14,15). The Bertz CT molecular complexity index is 761. The number of rotatable bonds is 5. The van der Waals surface area contributed by atoms with Gasteiger partial charge in [0, 0.05) is 11.5 Å². The third kappa shape index (κ3) is 3.28. The monoisotopic (exact) mass is 374 g/mol. The largest absolute Gasteiger partial charge is 0.478 e. The molecule has 1 heterocycles. The van der Waals surface area contributed by atoms with Gasteiger partial charge in [-0.05, 0) is 34.1 Å². The Hall–Kier alpha value is -1.78. The van der Waals surface area contributed by atoms with Crippen LogP contribution in [-0.2, 0) is 16.6 Å². The van der Waals surface area contributed by atoms with Crippen molar-refractivity contribution < 1.29 is 18.3 Å². The van der Waals surface area contributed by atoms with Crippen molar-refractivity contribution in [2.45, 2.75) is 11.4 Å². The van der Waals surface area contributed by atoms with Crippen LogP contribution in [0.15, 0.2) is 33.9 Å². The van der Waals surface area contributed by atoms with E-state index >= 15 is 0 Å². The third-order valence-corrected chi connectivity index (χ3v) is 5.50. The fourth-order valence-corrected chi connectivity index (χ4v) is 3.68. The van der Waals surface area contributed by atoms with E-state index in [9.17, 15) is 13.2 Å². The van der Waals surface area contributed by atoms with Gasteiger partial charge in [0.25, 0.3) is 0 Å². The first kappa shape index (κ1) is 15.6. The van der Waals surface area contributed by atoms with Crippen LogP contribution < -0.4 is 0 Å². The summed E-state index contributed by atoms with van der Waals surface area (Å²) in [6.45, 7) is -0.00786. The van der Waals surface area contributed by atoms with Crippen molar-refractivity contribution >= 4 is 31.9 Å². The van der Waals surface area contributed by atoms with E-state index in [0.717, 1.165) is 10.4 Å². The maximum absolute atomic E-state index is 12.5. The summed E-state index contributed by atoms with van der Waals surface area (Å²) < 4.78 is 26.3. The Labute approximate surface area is 129 Å². The number of benzene rings is 1. The Balaban J connectivity index is 2.38. The summed E-state index contributed by atoms with van der Waals surface area (Å²) in [6.07, 6.45) is 1.27. The molecule has 0 aliphatic heterocycles. The number of sulfonamides is 1. The fourth-order valence-electron chi connectivity index (χ4n) is 1.60. The number of hydrogen-bond acceptors (Lipinski definition) is 5. The minimum Gasteiger partial charge on any atom is -0.478 e. The molecule has 8 nitrogen and oxygen atoms in total. The van der Waals surface area contributed by atoms with E-state index in [2.05, 4.69) is 31.1 Å². The molecule has 0 aliphatic carbocycles. The number of aromatic carboxylic acids is 1. The van der Waals surface area contributed by atoms with Crippen molar-refractivity contribution in [1.29, 1.82) is 0 Å². The molecular formula is C11H11BrN4O4S. The van der Waals surface area contributed by atoms with Crippen LogP contribution in [0.2, 0.25) is 0 Å². The maximum Gasteiger partial charge on any atom is 0.335 e. The summed E-state index contributed by atoms with van der Waals surface area (Å²) in [7, 11) is -2.49. The molecule has 112 valence electrons. The Morgan fingerprint density at radius 3 is 2.76 bits per heavy atom. The average molecular weight is 375 g/mol. The van der Waals surface area contributed by atoms with E-state index in [-0.39, 0.29) is 21.5 Å². The van der Waals surface area contributed by atoms with Crippen molar-refractivity contribution in [2.75, 3.05) is 7.05 Å². The first-order valence-electron chi connectivity index (χ1n) is 5.66. The average Bonchev–Trinajstić information content (AvgIpc) is 2.91. The van der Waals surface area contributed by atoms with Crippen molar-refractivity contribution in [3.63, 3.8) is 0 Å². The maximum atomic E-state index is 12.5. The molecule has 0 saturated carbocycles. The highest BCUT2D eigenvalue weighted by Gasteiger charge is 2.25. The smallest absolute Gasteiger partial charge is 0.335 e. The lowest BCUT2D eigenvalue weighted by Crippen LogP contribution is -2.27.